The number of carbonyl (C=O) groups excluding carboxylic acids is 1. The Morgan fingerprint density at radius 3 is 2.48 bits per heavy atom. The summed E-state index contributed by atoms with van der Waals surface area (Å²) in [5.41, 5.74) is 1.86. The molecule has 1 aromatic rings. The molecule has 0 bridgehead atoms. The van der Waals surface area contributed by atoms with Crippen molar-refractivity contribution >= 4 is 5.91 Å². The number of quaternary nitrogens is 1. The third-order valence-corrected chi connectivity index (χ3v) is 4.64. The van der Waals surface area contributed by atoms with Crippen LogP contribution in [0.4, 0.5) is 0 Å². The van der Waals surface area contributed by atoms with E-state index in [1.807, 2.05) is 14.0 Å². The second-order valence-corrected chi connectivity index (χ2v) is 7.34. The molecule has 124 valence electrons. The zero-order valence-corrected chi connectivity index (χ0v) is 14.6. The zero-order valence-electron chi connectivity index (χ0n) is 14.6. The Hall–Kier alpha value is -1.86. The van der Waals surface area contributed by atoms with Gasteiger partial charge in [0, 0.05) is 5.56 Å². The van der Waals surface area contributed by atoms with Gasteiger partial charge in [-0.05, 0) is 37.2 Å². The Kier molecular flexibility index (Phi) is 5.43. The first-order valence-corrected chi connectivity index (χ1v) is 8.46. The molecular weight excluding hydrogens is 286 g/mol. The minimum atomic E-state index is -0.698. The summed E-state index contributed by atoms with van der Waals surface area (Å²) < 4.78 is 0. The van der Waals surface area contributed by atoms with Crippen LogP contribution in [0.15, 0.2) is 24.3 Å². The molecule has 1 fully saturated rings. The SMILES string of the molecule is CC(C)c1ccc(C[NH+](C)CC(=O)N[C@@](C)(C#N)C2CC2)cc1. The fraction of sp³-hybridized carbons (Fsp3) is 0.579. The van der Waals surface area contributed by atoms with Crippen molar-refractivity contribution in [1.82, 2.24) is 5.32 Å². The van der Waals surface area contributed by atoms with Crippen molar-refractivity contribution in [2.75, 3.05) is 13.6 Å². The summed E-state index contributed by atoms with van der Waals surface area (Å²) in [6, 6.07) is 10.9. The third kappa shape index (κ3) is 4.80. The number of benzene rings is 1. The molecule has 0 aliphatic heterocycles. The van der Waals surface area contributed by atoms with Gasteiger partial charge in [-0.15, -0.1) is 0 Å². The van der Waals surface area contributed by atoms with E-state index in [0.717, 1.165) is 24.3 Å². The lowest BCUT2D eigenvalue weighted by molar-refractivity contribution is -0.885. The van der Waals surface area contributed by atoms with Gasteiger partial charge in [-0.1, -0.05) is 38.1 Å². The molecule has 23 heavy (non-hydrogen) atoms. The molecule has 1 aromatic carbocycles. The van der Waals surface area contributed by atoms with E-state index in [0.29, 0.717) is 18.4 Å². The summed E-state index contributed by atoms with van der Waals surface area (Å²) in [4.78, 5) is 13.3. The molecule has 2 rings (SSSR count). The van der Waals surface area contributed by atoms with Crippen LogP contribution in [-0.4, -0.2) is 25.0 Å². The van der Waals surface area contributed by atoms with Gasteiger partial charge in [0.1, 0.15) is 12.1 Å². The van der Waals surface area contributed by atoms with Gasteiger partial charge in [-0.2, -0.15) is 5.26 Å². The molecule has 4 heteroatoms. The van der Waals surface area contributed by atoms with Crippen molar-refractivity contribution in [3.05, 3.63) is 35.4 Å². The highest BCUT2D eigenvalue weighted by atomic mass is 16.2. The highest BCUT2D eigenvalue weighted by Gasteiger charge is 2.43. The van der Waals surface area contributed by atoms with Crippen LogP contribution in [0.3, 0.4) is 0 Å². The first-order chi connectivity index (χ1) is 10.8. The highest BCUT2D eigenvalue weighted by molar-refractivity contribution is 5.78. The lowest BCUT2D eigenvalue weighted by atomic mass is 9.98. The monoisotopic (exact) mass is 314 g/mol. The molecular formula is C19H28N3O+. The maximum atomic E-state index is 12.2. The standard InChI is InChI=1S/C19H27N3O/c1-14(2)16-7-5-15(6-8-16)11-22(4)12-18(23)21-19(3,13-20)17-9-10-17/h5-8,14,17H,9-12H2,1-4H3,(H,21,23)/p+1/t19-/m0/s1. The molecule has 4 nitrogen and oxygen atoms in total. The maximum Gasteiger partial charge on any atom is 0.276 e. The van der Waals surface area contributed by atoms with Gasteiger partial charge in [0.15, 0.2) is 6.54 Å². The van der Waals surface area contributed by atoms with Crippen molar-refractivity contribution in [2.45, 2.75) is 51.6 Å². The van der Waals surface area contributed by atoms with E-state index in [1.165, 1.54) is 11.1 Å². The fourth-order valence-corrected chi connectivity index (χ4v) is 2.92. The van der Waals surface area contributed by atoms with Crippen LogP contribution in [0, 0.1) is 17.2 Å². The minimum absolute atomic E-state index is 0.0442. The molecule has 2 N–H and O–H groups in total. The summed E-state index contributed by atoms with van der Waals surface area (Å²) in [6.07, 6.45) is 2.07. The predicted molar refractivity (Wildman–Crippen MR) is 90.9 cm³/mol. The number of hydrogen-bond acceptors (Lipinski definition) is 2. The Morgan fingerprint density at radius 2 is 2.00 bits per heavy atom. The molecule has 2 atom stereocenters. The van der Waals surface area contributed by atoms with Crippen LogP contribution >= 0.6 is 0 Å². The van der Waals surface area contributed by atoms with Crippen LogP contribution in [-0.2, 0) is 11.3 Å². The van der Waals surface area contributed by atoms with Crippen LogP contribution in [0.1, 0.15) is 50.7 Å². The third-order valence-electron chi connectivity index (χ3n) is 4.64. The summed E-state index contributed by atoms with van der Waals surface area (Å²) >= 11 is 0. The molecule has 0 heterocycles. The normalized spacial score (nSPS) is 18.1. The quantitative estimate of drug-likeness (QED) is 0.804. The Balaban J connectivity index is 1.85. The highest BCUT2D eigenvalue weighted by Crippen LogP contribution is 2.39. The molecule has 0 spiro atoms. The number of carbonyl (C=O) groups is 1. The second kappa shape index (κ2) is 7.14. The van der Waals surface area contributed by atoms with Gasteiger partial charge in [0.25, 0.3) is 5.91 Å². The molecule has 0 radical (unpaired) electrons. The molecule has 0 saturated heterocycles. The number of nitrogens with zero attached hydrogens (tertiary/aromatic N) is 1. The number of likely N-dealkylation sites (N-methyl/N-ethyl adjacent to an activating group) is 1. The second-order valence-electron chi connectivity index (χ2n) is 7.34. The van der Waals surface area contributed by atoms with Crippen molar-refractivity contribution in [1.29, 1.82) is 5.26 Å². The molecule has 0 aromatic heterocycles. The minimum Gasteiger partial charge on any atom is -0.333 e. The van der Waals surface area contributed by atoms with Crippen molar-refractivity contribution < 1.29 is 9.69 Å². The zero-order chi connectivity index (χ0) is 17.0. The van der Waals surface area contributed by atoms with Crippen LogP contribution in [0.25, 0.3) is 0 Å². The van der Waals surface area contributed by atoms with Gasteiger partial charge in [-0.3, -0.25) is 4.79 Å². The predicted octanol–water partition coefficient (Wildman–Crippen LogP) is 1.63. The Labute approximate surface area is 139 Å². The van der Waals surface area contributed by atoms with Crippen molar-refractivity contribution in [3.8, 4) is 6.07 Å². The molecule has 1 aliphatic carbocycles. The van der Waals surface area contributed by atoms with Gasteiger partial charge in [0.2, 0.25) is 0 Å². The number of nitrogens with one attached hydrogen (secondary N) is 2. The van der Waals surface area contributed by atoms with Crippen LogP contribution in [0.2, 0.25) is 0 Å². The summed E-state index contributed by atoms with van der Waals surface area (Å²) in [5.74, 6) is 0.809. The van der Waals surface area contributed by atoms with Gasteiger partial charge in [0.05, 0.1) is 13.1 Å². The van der Waals surface area contributed by atoms with E-state index in [1.54, 1.807) is 0 Å². The van der Waals surface area contributed by atoms with E-state index in [-0.39, 0.29) is 5.91 Å². The van der Waals surface area contributed by atoms with E-state index >= 15 is 0 Å². The van der Waals surface area contributed by atoms with Gasteiger partial charge in [-0.25, -0.2) is 0 Å². The first-order valence-electron chi connectivity index (χ1n) is 8.46. The smallest absolute Gasteiger partial charge is 0.276 e. The van der Waals surface area contributed by atoms with E-state index < -0.39 is 5.54 Å². The Bertz CT molecular complexity index is 584. The summed E-state index contributed by atoms with van der Waals surface area (Å²) in [5, 5.41) is 12.2. The van der Waals surface area contributed by atoms with Crippen molar-refractivity contribution in [2.24, 2.45) is 5.92 Å². The number of rotatable bonds is 7. The van der Waals surface area contributed by atoms with E-state index in [4.69, 9.17) is 0 Å². The first kappa shape index (κ1) is 17.5. The summed E-state index contributed by atoms with van der Waals surface area (Å²) in [6.45, 7) is 7.39. The number of nitriles is 1. The topological polar surface area (TPSA) is 57.3 Å². The number of hydrogen-bond donors (Lipinski definition) is 2. The lowest BCUT2D eigenvalue weighted by Gasteiger charge is -2.23. The Morgan fingerprint density at radius 1 is 1.39 bits per heavy atom. The largest absolute Gasteiger partial charge is 0.333 e. The van der Waals surface area contributed by atoms with Gasteiger partial charge < -0.3 is 10.2 Å². The van der Waals surface area contributed by atoms with Crippen molar-refractivity contribution in [3.63, 3.8) is 0 Å². The average molecular weight is 314 g/mol. The molecule has 1 amide bonds. The van der Waals surface area contributed by atoms with Crippen LogP contribution < -0.4 is 10.2 Å². The lowest BCUT2D eigenvalue weighted by Crippen LogP contribution is -3.09. The maximum absolute atomic E-state index is 12.2. The fourth-order valence-electron chi connectivity index (χ4n) is 2.92. The number of amides is 1. The average Bonchev–Trinajstić information content (AvgIpc) is 3.32. The van der Waals surface area contributed by atoms with E-state index in [9.17, 15) is 10.1 Å². The van der Waals surface area contributed by atoms with Gasteiger partial charge >= 0.3 is 0 Å². The molecule has 1 saturated carbocycles. The van der Waals surface area contributed by atoms with Crippen LogP contribution in [0.5, 0.6) is 0 Å². The molecule has 1 unspecified atom stereocenters. The van der Waals surface area contributed by atoms with E-state index in [2.05, 4.69) is 49.5 Å². The summed E-state index contributed by atoms with van der Waals surface area (Å²) in [7, 11) is 2.01. The molecule has 1 aliphatic rings.